The number of thioether (sulfide) groups is 1. The summed E-state index contributed by atoms with van der Waals surface area (Å²) < 4.78 is 0. The second-order valence-electron chi connectivity index (χ2n) is 5.10. The van der Waals surface area contributed by atoms with Gasteiger partial charge in [-0.2, -0.15) is 11.8 Å². The van der Waals surface area contributed by atoms with Crippen molar-refractivity contribution in [3.8, 4) is 0 Å². The van der Waals surface area contributed by atoms with E-state index < -0.39 is 0 Å². The number of amides is 1. The Morgan fingerprint density at radius 3 is 2.68 bits per heavy atom. The standard InChI is InChI=1S/C14H21N3OS/c1-16(2)13-5-4-10(15)8-12(13)14(18)17(3)11-6-7-19-9-11/h4-5,8,11H,6-7,9,15H2,1-3H3. The molecule has 0 aliphatic carbocycles. The zero-order valence-electron chi connectivity index (χ0n) is 11.7. The molecule has 104 valence electrons. The number of carbonyl (C=O) groups excluding carboxylic acids is 1. The molecule has 1 aliphatic rings. The van der Waals surface area contributed by atoms with Crippen molar-refractivity contribution in [1.29, 1.82) is 0 Å². The van der Waals surface area contributed by atoms with Gasteiger partial charge < -0.3 is 15.5 Å². The minimum Gasteiger partial charge on any atom is -0.399 e. The third kappa shape index (κ3) is 2.97. The smallest absolute Gasteiger partial charge is 0.256 e. The lowest BCUT2D eigenvalue weighted by Gasteiger charge is -2.26. The molecule has 0 aromatic heterocycles. The summed E-state index contributed by atoms with van der Waals surface area (Å²) in [6, 6.07) is 5.85. The molecule has 0 saturated carbocycles. The van der Waals surface area contributed by atoms with Crippen LogP contribution in [0, 0.1) is 0 Å². The maximum absolute atomic E-state index is 12.6. The monoisotopic (exact) mass is 279 g/mol. The highest BCUT2D eigenvalue weighted by molar-refractivity contribution is 7.99. The fourth-order valence-corrected chi connectivity index (χ4v) is 3.57. The molecule has 1 saturated heterocycles. The van der Waals surface area contributed by atoms with E-state index in [4.69, 9.17) is 5.73 Å². The number of hydrogen-bond acceptors (Lipinski definition) is 4. The van der Waals surface area contributed by atoms with E-state index in [1.165, 1.54) is 0 Å². The van der Waals surface area contributed by atoms with E-state index in [0.717, 1.165) is 23.6 Å². The predicted molar refractivity (Wildman–Crippen MR) is 83.0 cm³/mol. The number of nitrogens with two attached hydrogens (primary N) is 1. The molecule has 1 heterocycles. The molecule has 0 spiro atoms. The first kappa shape index (κ1) is 14.1. The van der Waals surface area contributed by atoms with Gasteiger partial charge in [-0.05, 0) is 30.4 Å². The quantitative estimate of drug-likeness (QED) is 0.859. The average Bonchev–Trinajstić information content (AvgIpc) is 2.90. The SMILES string of the molecule is CN(C)c1ccc(N)cc1C(=O)N(C)C1CCSC1. The second-order valence-corrected chi connectivity index (χ2v) is 6.25. The first-order valence-electron chi connectivity index (χ1n) is 6.42. The Kier molecular flexibility index (Phi) is 4.24. The molecule has 2 rings (SSSR count). The van der Waals surface area contributed by atoms with Crippen LogP contribution >= 0.6 is 11.8 Å². The van der Waals surface area contributed by atoms with Crippen molar-refractivity contribution in [3.05, 3.63) is 23.8 Å². The van der Waals surface area contributed by atoms with Gasteiger partial charge >= 0.3 is 0 Å². The van der Waals surface area contributed by atoms with E-state index in [2.05, 4.69) is 0 Å². The highest BCUT2D eigenvalue weighted by Crippen LogP contribution is 2.26. The van der Waals surface area contributed by atoms with E-state index in [1.54, 1.807) is 6.07 Å². The first-order chi connectivity index (χ1) is 9.00. The average molecular weight is 279 g/mol. The number of nitrogens with zero attached hydrogens (tertiary/aromatic N) is 2. The molecule has 0 radical (unpaired) electrons. The van der Waals surface area contributed by atoms with Gasteiger partial charge in [-0.25, -0.2) is 0 Å². The molecule has 1 aromatic carbocycles. The summed E-state index contributed by atoms with van der Waals surface area (Å²) >= 11 is 1.91. The normalized spacial score (nSPS) is 18.4. The van der Waals surface area contributed by atoms with Gasteiger partial charge in [0.2, 0.25) is 0 Å². The van der Waals surface area contributed by atoms with E-state index in [0.29, 0.717) is 17.3 Å². The zero-order chi connectivity index (χ0) is 14.0. The van der Waals surface area contributed by atoms with Crippen molar-refractivity contribution >= 4 is 29.0 Å². The molecular formula is C14H21N3OS. The zero-order valence-corrected chi connectivity index (χ0v) is 12.5. The summed E-state index contributed by atoms with van der Waals surface area (Å²) in [4.78, 5) is 16.5. The molecule has 19 heavy (non-hydrogen) atoms. The highest BCUT2D eigenvalue weighted by Gasteiger charge is 2.26. The highest BCUT2D eigenvalue weighted by atomic mass is 32.2. The maximum atomic E-state index is 12.6. The summed E-state index contributed by atoms with van der Waals surface area (Å²) in [7, 11) is 5.77. The third-order valence-corrected chi connectivity index (χ3v) is 4.65. The summed E-state index contributed by atoms with van der Waals surface area (Å²) in [5, 5.41) is 0. The lowest BCUT2D eigenvalue weighted by Crippen LogP contribution is -2.37. The van der Waals surface area contributed by atoms with E-state index >= 15 is 0 Å². The van der Waals surface area contributed by atoms with Gasteiger partial charge in [0, 0.05) is 44.3 Å². The summed E-state index contributed by atoms with van der Waals surface area (Å²) in [5.41, 5.74) is 8.05. The van der Waals surface area contributed by atoms with Gasteiger partial charge in [0.05, 0.1) is 5.56 Å². The topological polar surface area (TPSA) is 49.6 Å². The lowest BCUT2D eigenvalue weighted by molar-refractivity contribution is 0.0748. The van der Waals surface area contributed by atoms with Crippen LogP contribution in [0.3, 0.4) is 0 Å². The molecular weight excluding hydrogens is 258 g/mol. The molecule has 1 amide bonds. The minimum absolute atomic E-state index is 0.0588. The van der Waals surface area contributed by atoms with Crippen molar-refractivity contribution in [2.24, 2.45) is 0 Å². The van der Waals surface area contributed by atoms with Crippen molar-refractivity contribution in [1.82, 2.24) is 4.90 Å². The van der Waals surface area contributed by atoms with Crippen LogP contribution in [-0.2, 0) is 0 Å². The number of benzene rings is 1. The Bertz CT molecular complexity index is 470. The van der Waals surface area contributed by atoms with Crippen LogP contribution in [0.4, 0.5) is 11.4 Å². The van der Waals surface area contributed by atoms with Gasteiger partial charge in [-0.1, -0.05) is 0 Å². The third-order valence-electron chi connectivity index (χ3n) is 3.51. The van der Waals surface area contributed by atoms with Crippen molar-refractivity contribution in [2.45, 2.75) is 12.5 Å². The first-order valence-corrected chi connectivity index (χ1v) is 7.58. The summed E-state index contributed by atoms with van der Waals surface area (Å²) in [5.74, 6) is 2.23. The number of nitrogen functional groups attached to an aromatic ring is 1. The molecule has 1 aromatic rings. The van der Waals surface area contributed by atoms with Crippen LogP contribution in [0.5, 0.6) is 0 Å². The summed E-state index contributed by atoms with van der Waals surface area (Å²) in [6.45, 7) is 0. The van der Waals surface area contributed by atoms with E-state index in [9.17, 15) is 4.79 Å². The Balaban J connectivity index is 2.29. The van der Waals surface area contributed by atoms with Gasteiger partial charge in [-0.15, -0.1) is 0 Å². The molecule has 5 heteroatoms. The van der Waals surface area contributed by atoms with Crippen molar-refractivity contribution < 1.29 is 4.79 Å². The minimum atomic E-state index is 0.0588. The van der Waals surface area contributed by atoms with Crippen LogP contribution in [0.25, 0.3) is 0 Å². The van der Waals surface area contributed by atoms with E-state index in [-0.39, 0.29) is 5.91 Å². The predicted octanol–water partition coefficient (Wildman–Crippen LogP) is 1.91. The summed E-state index contributed by atoms with van der Waals surface area (Å²) in [6.07, 6.45) is 1.08. The molecule has 0 bridgehead atoms. The van der Waals surface area contributed by atoms with Gasteiger partial charge in [-0.3, -0.25) is 4.79 Å². The van der Waals surface area contributed by atoms with Gasteiger partial charge in [0.1, 0.15) is 0 Å². The maximum Gasteiger partial charge on any atom is 0.256 e. The second kappa shape index (κ2) is 5.74. The van der Waals surface area contributed by atoms with Crippen LogP contribution in [0.2, 0.25) is 0 Å². The molecule has 4 nitrogen and oxygen atoms in total. The fraction of sp³-hybridized carbons (Fsp3) is 0.500. The molecule has 2 N–H and O–H groups in total. The molecule has 1 aliphatic heterocycles. The lowest BCUT2D eigenvalue weighted by atomic mass is 10.1. The van der Waals surface area contributed by atoms with Crippen molar-refractivity contribution in [2.75, 3.05) is 43.3 Å². The van der Waals surface area contributed by atoms with Gasteiger partial charge in [0.25, 0.3) is 5.91 Å². The molecule has 1 fully saturated rings. The Morgan fingerprint density at radius 1 is 1.37 bits per heavy atom. The Labute approximate surface area is 118 Å². The number of hydrogen-bond donors (Lipinski definition) is 1. The fourth-order valence-electron chi connectivity index (χ4n) is 2.30. The Morgan fingerprint density at radius 2 is 2.11 bits per heavy atom. The number of rotatable bonds is 3. The van der Waals surface area contributed by atoms with Crippen LogP contribution in [0.1, 0.15) is 16.8 Å². The van der Waals surface area contributed by atoms with Crippen molar-refractivity contribution in [3.63, 3.8) is 0 Å². The van der Waals surface area contributed by atoms with Crippen LogP contribution in [-0.4, -0.2) is 49.5 Å². The largest absolute Gasteiger partial charge is 0.399 e. The van der Waals surface area contributed by atoms with Gasteiger partial charge in [0.15, 0.2) is 0 Å². The van der Waals surface area contributed by atoms with Crippen LogP contribution in [0.15, 0.2) is 18.2 Å². The Hall–Kier alpha value is -1.36. The van der Waals surface area contributed by atoms with Crippen LogP contribution < -0.4 is 10.6 Å². The van der Waals surface area contributed by atoms with E-state index in [1.807, 2.05) is 54.8 Å². The molecule has 1 unspecified atom stereocenters. The number of carbonyl (C=O) groups is 1. The molecule has 1 atom stereocenters. The number of anilines is 2.